The largest absolute Gasteiger partial charge is 0.497 e. The number of ether oxygens (including phenoxy) is 2. The Morgan fingerprint density at radius 2 is 1.67 bits per heavy atom. The monoisotopic (exact) mass is 571 g/mol. The first-order valence-corrected chi connectivity index (χ1v) is 14.4. The van der Waals surface area contributed by atoms with Crippen LogP contribution in [0.15, 0.2) is 61.1 Å². The van der Waals surface area contributed by atoms with E-state index in [1.54, 1.807) is 14.2 Å². The lowest BCUT2D eigenvalue weighted by Gasteiger charge is -2.36. The third-order valence-electron chi connectivity index (χ3n) is 7.53. The molecule has 1 aliphatic heterocycles. The van der Waals surface area contributed by atoms with Gasteiger partial charge in [0.25, 0.3) is 0 Å². The maximum Gasteiger partial charge on any atom is 0.234 e. The molecule has 1 saturated heterocycles. The molecule has 0 bridgehead atoms. The molecule has 3 heterocycles. The Morgan fingerprint density at radius 1 is 0.952 bits per heavy atom. The van der Waals surface area contributed by atoms with Crippen molar-refractivity contribution in [2.75, 3.05) is 64.9 Å². The summed E-state index contributed by atoms with van der Waals surface area (Å²) in [6.07, 6.45) is 5.88. The summed E-state index contributed by atoms with van der Waals surface area (Å²) in [5, 5.41) is 2.99. The van der Waals surface area contributed by atoms with Gasteiger partial charge in [0.1, 0.15) is 11.5 Å². The fourth-order valence-electron chi connectivity index (χ4n) is 5.30. The van der Waals surface area contributed by atoms with Crippen molar-refractivity contribution in [2.45, 2.75) is 19.9 Å². The maximum absolute atomic E-state index is 12.2. The molecule has 4 aromatic rings. The molecular formula is C32H41N7O3. The minimum Gasteiger partial charge on any atom is -0.497 e. The third-order valence-corrected chi connectivity index (χ3v) is 7.53. The number of aromatic nitrogens is 3. The number of nitrogens with one attached hydrogen (secondary N) is 1. The smallest absolute Gasteiger partial charge is 0.234 e. The van der Waals surface area contributed by atoms with Crippen LogP contribution in [0.5, 0.6) is 11.5 Å². The van der Waals surface area contributed by atoms with Gasteiger partial charge in [0.15, 0.2) is 0 Å². The zero-order chi connectivity index (χ0) is 29.6. The van der Waals surface area contributed by atoms with Gasteiger partial charge >= 0.3 is 0 Å². The third kappa shape index (κ3) is 7.18. The van der Waals surface area contributed by atoms with E-state index in [1.165, 1.54) is 0 Å². The fraction of sp³-hybridized carbons (Fsp3) is 0.406. The minimum absolute atomic E-state index is 0.0893. The van der Waals surface area contributed by atoms with Crippen molar-refractivity contribution in [3.05, 3.63) is 61.1 Å². The number of carbonyl (C=O) groups excluding carboxylic acids is 1. The maximum atomic E-state index is 12.2. The van der Waals surface area contributed by atoms with Crippen LogP contribution < -0.4 is 19.7 Å². The Kier molecular flexibility index (Phi) is 9.24. The van der Waals surface area contributed by atoms with E-state index in [2.05, 4.69) is 37.1 Å². The lowest BCUT2D eigenvalue weighted by Crippen LogP contribution is -2.51. The number of benzene rings is 2. The Hall–Kier alpha value is -4.15. The van der Waals surface area contributed by atoms with Gasteiger partial charge in [0.2, 0.25) is 5.91 Å². The van der Waals surface area contributed by atoms with Crippen LogP contribution in [-0.4, -0.2) is 96.3 Å². The molecule has 0 atom stereocenters. The zero-order valence-electron chi connectivity index (χ0n) is 25.2. The molecule has 0 unspecified atom stereocenters. The predicted octanol–water partition coefficient (Wildman–Crippen LogP) is 3.93. The van der Waals surface area contributed by atoms with E-state index in [4.69, 9.17) is 14.5 Å². The van der Waals surface area contributed by atoms with E-state index in [1.807, 2.05) is 74.4 Å². The number of hydrogen-bond acceptors (Lipinski definition) is 8. The second-order valence-electron chi connectivity index (χ2n) is 11.1. The second kappa shape index (κ2) is 13.2. The summed E-state index contributed by atoms with van der Waals surface area (Å²) in [6, 6.07) is 14.4. The molecule has 10 nitrogen and oxygen atoms in total. The van der Waals surface area contributed by atoms with Crippen molar-refractivity contribution in [3.8, 4) is 22.8 Å². The van der Waals surface area contributed by atoms with Crippen LogP contribution in [0.25, 0.3) is 22.3 Å². The zero-order valence-corrected chi connectivity index (χ0v) is 25.2. The molecule has 2 aromatic heterocycles. The van der Waals surface area contributed by atoms with Gasteiger partial charge in [-0.05, 0) is 38.1 Å². The minimum atomic E-state index is 0.0893. The molecule has 0 aliphatic carbocycles. The highest BCUT2D eigenvalue weighted by atomic mass is 16.5. The lowest BCUT2D eigenvalue weighted by atomic mass is 10.2. The Bertz CT molecular complexity index is 1490. The number of amides is 1. The fourth-order valence-corrected chi connectivity index (χ4v) is 5.30. The number of hydrogen-bond donors (Lipinski definition) is 1. The molecule has 222 valence electrons. The quantitative estimate of drug-likeness (QED) is 0.290. The highest BCUT2D eigenvalue weighted by molar-refractivity contribution is 5.83. The van der Waals surface area contributed by atoms with Gasteiger partial charge < -0.3 is 24.3 Å². The topological polar surface area (TPSA) is 88.0 Å². The number of fused-ring (bicyclic) bond motifs is 1. The average Bonchev–Trinajstić information content (AvgIpc) is 3.43. The molecular weight excluding hydrogens is 530 g/mol. The first-order valence-electron chi connectivity index (χ1n) is 14.4. The molecule has 42 heavy (non-hydrogen) atoms. The number of piperazine rings is 1. The molecule has 1 N–H and O–H groups in total. The van der Waals surface area contributed by atoms with E-state index < -0.39 is 0 Å². The standard InChI is InChI=1S/C32H41N7O3/c1-23(2)34-32(40)22-38-12-10-37(11-13-38)14-15-39(26-16-27(41-4)19-28(17-26)42-5)25-6-7-29-30(18-25)35-31(20-33-29)24-8-9-36(3)21-24/h6-9,16-21,23H,10-15,22H2,1-5H3,(H,34,40). The van der Waals surface area contributed by atoms with Gasteiger partial charge in [0.05, 0.1) is 43.7 Å². The molecule has 10 heteroatoms. The van der Waals surface area contributed by atoms with Gasteiger partial charge in [-0.25, -0.2) is 4.98 Å². The van der Waals surface area contributed by atoms with Gasteiger partial charge in [-0.2, -0.15) is 0 Å². The number of carbonyl (C=O) groups is 1. The van der Waals surface area contributed by atoms with Gasteiger partial charge in [-0.3, -0.25) is 19.6 Å². The number of methoxy groups -OCH3 is 2. The van der Waals surface area contributed by atoms with Crippen molar-refractivity contribution in [2.24, 2.45) is 7.05 Å². The molecule has 5 rings (SSSR count). The number of aryl methyl sites for hydroxylation is 1. The highest BCUT2D eigenvalue weighted by Crippen LogP contribution is 2.34. The van der Waals surface area contributed by atoms with E-state index in [-0.39, 0.29) is 11.9 Å². The second-order valence-corrected chi connectivity index (χ2v) is 11.1. The van der Waals surface area contributed by atoms with Crippen LogP contribution in [0.2, 0.25) is 0 Å². The SMILES string of the molecule is COc1cc(OC)cc(N(CCN2CCN(CC(=O)NC(C)C)CC2)c2ccc3ncc(-c4ccn(C)c4)nc3c2)c1. The highest BCUT2D eigenvalue weighted by Gasteiger charge is 2.21. The first kappa shape index (κ1) is 29.3. The summed E-state index contributed by atoms with van der Waals surface area (Å²) in [4.78, 5) is 28.8. The summed E-state index contributed by atoms with van der Waals surface area (Å²) < 4.78 is 13.2. The van der Waals surface area contributed by atoms with Crippen molar-refractivity contribution in [3.63, 3.8) is 0 Å². The summed E-state index contributed by atoms with van der Waals surface area (Å²) in [5.41, 5.74) is 5.55. The molecule has 1 fully saturated rings. The molecule has 2 aromatic carbocycles. The van der Waals surface area contributed by atoms with Crippen LogP contribution in [0.3, 0.4) is 0 Å². The number of nitrogens with zero attached hydrogens (tertiary/aromatic N) is 6. The number of anilines is 2. The lowest BCUT2D eigenvalue weighted by molar-refractivity contribution is -0.123. The van der Waals surface area contributed by atoms with Crippen molar-refractivity contribution >= 4 is 28.3 Å². The molecule has 1 amide bonds. The van der Waals surface area contributed by atoms with Gasteiger partial charge in [-0.1, -0.05) is 0 Å². The molecule has 0 radical (unpaired) electrons. The summed E-state index contributed by atoms with van der Waals surface area (Å²) in [7, 11) is 5.33. The number of rotatable bonds is 11. The normalized spacial score (nSPS) is 14.3. The predicted molar refractivity (Wildman–Crippen MR) is 167 cm³/mol. The van der Waals surface area contributed by atoms with Crippen molar-refractivity contribution in [1.29, 1.82) is 0 Å². The summed E-state index contributed by atoms with van der Waals surface area (Å²) >= 11 is 0. The van der Waals surface area contributed by atoms with Crippen LogP contribution in [-0.2, 0) is 11.8 Å². The molecule has 0 spiro atoms. The van der Waals surface area contributed by atoms with Crippen LogP contribution >= 0.6 is 0 Å². The molecule has 1 aliphatic rings. The average molecular weight is 572 g/mol. The molecule has 0 saturated carbocycles. The Balaban J connectivity index is 1.38. The van der Waals surface area contributed by atoms with Crippen LogP contribution in [0.1, 0.15) is 13.8 Å². The van der Waals surface area contributed by atoms with Crippen molar-refractivity contribution < 1.29 is 14.3 Å². The van der Waals surface area contributed by atoms with Crippen LogP contribution in [0, 0.1) is 0 Å². The Morgan fingerprint density at radius 3 is 2.31 bits per heavy atom. The summed E-state index contributed by atoms with van der Waals surface area (Å²) in [5.74, 6) is 1.55. The van der Waals surface area contributed by atoms with Crippen molar-refractivity contribution in [1.82, 2.24) is 29.7 Å². The summed E-state index contributed by atoms with van der Waals surface area (Å²) in [6.45, 7) is 9.60. The Labute approximate surface area is 247 Å². The van der Waals surface area contributed by atoms with E-state index >= 15 is 0 Å². The van der Waals surface area contributed by atoms with E-state index in [9.17, 15) is 4.79 Å². The van der Waals surface area contributed by atoms with Gasteiger partial charge in [-0.15, -0.1) is 0 Å². The van der Waals surface area contributed by atoms with E-state index in [0.29, 0.717) is 6.54 Å². The van der Waals surface area contributed by atoms with Gasteiger partial charge in [0, 0.05) is 99.9 Å². The van der Waals surface area contributed by atoms with Crippen LogP contribution in [0.4, 0.5) is 11.4 Å². The first-order chi connectivity index (χ1) is 20.3. The van der Waals surface area contributed by atoms with E-state index in [0.717, 1.165) is 84.4 Å².